The molecule has 3 rings (SSSR count). The first kappa shape index (κ1) is 13.4. The van der Waals surface area contributed by atoms with Gasteiger partial charge in [0, 0.05) is 17.4 Å². The lowest BCUT2D eigenvalue weighted by Crippen LogP contribution is -2.39. The molecule has 0 saturated carbocycles. The van der Waals surface area contributed by atoms with Crippen molar-refractivity contribution in [3.63, 3.8) is 0 Å². The van der Waals surface area contributed by atoms with Crippen LogP contribution in [-0.4, -0.2) is 21.6 Å². The molecule has 0 aliphatic carbocycles. The van der Waals surface area contributed by atoms with Gasteiger partial charge in [-0.3, -0.25) is 14.8 Å². The predicted octanol–water partition coefficient (Wildman–Crippen LogP) is 2.50. The van der Waals surface area contributed by atoms with E-state index in [0.29, 0.717) is 10.8 Å². The fraction of sp³-hybridized carbons (Fsp3) is 0.214. The Morgan fingerprint density at radius 1 is 1.25 bits per heavy atom. The van der Waals surface area contributed by atoms with Crippen molar-refractivity contribution >= 4 is 29.3 Å². The van der Waals surface area contributed by atoms with E-state index >= 15 is 0 Å². The van der Waals surface area contributed by atoms with Gasteiger partial charge in [0.1, 0.15) is 5.69 Å². The van der Waals surface area contributed by atoms with E-state index < -0.39 is 4.87 Å². The van der Waals surface area contributed by atoms with E-state index in [4.69, 9.17) is 11.6 Å². The Balaban J connectivity index is 2.18. The number of aryl methyl sites for hydroxylation is 1. The molecule has 1 aromatic carbocycles. The highest BCUT2D eigenvalue weighted by Crippen LogP contribution is 2.43. The first-order valence-electron chi connectivity index (χ1n) is 6.11. The molecule has 102 valence electrons. The van der Waals surface area contributed by atoms with Gasteiger partial charge in [0.2, 0.25) is 5.91 Å². The van der Waals surface area contributed by atoms with Crippen molar-refractivity contribution in [2.75, 3.05) is 5.75 Å². The van der Waals surface area contributed by atoms with Crippen LogP contribution in [0.15, 0.2) is 36.7 Å². The maximum absolute atomic E-state index is 11.8. The van der Waals surface area contributed by atoms with Gasteiger partial charge in [-0.15, -0.1) is 11.8 Å². The third-order valence-electron chi connectivity index (χ3n) is 3.20. The minimum atomic E-state index is -0.681. The summed E-state index contributed by atoms with van der Waals surface area (Å²) in [5.41, 5.74) is 2.51. The molecule has 1 aromatic heterocycles. The molecule has 1 saturated heterocycles. The van der Waals surface area contributed by atoms with Gasteiger partial charge in [-0.05, 0) is 24.6 Å². The molecule has 1 atom stereocenters. The summed E-state index contributed by atoms with van der Waals surface area (Å²) in [7, 11) is 0. The number of hydrogen-bond acceptors (Lipinski definition) is 4. The Kier molecular flexibility index (Phi) is 3.40. The molecular formula is C14H12ClN3OS. The monoisotopic (exact) mass is 305 g/mol. The SMILES string of the molecule is Cc1nccnc1C1(c2ccc(Cl)cc2)NC(=O)CS1. The number of nitrogens with zero attached hydrogens (tertiary/aromatic N) is 2. The van der Waals surface area contributed by atoms with Crippen LogP contribution in [-0.2, 0) is 9.67 Å². The van der Waals surface area contributed by atoms with Crippen molar-refractivity contribution < 1.29 is 4.79 Å². The summed E-state index contributed by atoms with van der Waals surface area (Å²) in [4.78, 5) is 19.8. The van der Waals surface area contributed by atoms with Crippen molar-refractivity contribution in [3.05, 3.63) is 58.6 Å². The second-order valence-electron chi connectivity index (χ2n) is 4.52. The van der Waals surface area contributed by atoms with Crippen molar-refractivity contribution in [3.8, 4) is 0 Å². The number of aromatic nitrogens is 2. The zero-order valence-corrected chi connectivity index (χ0v) is 12.3. The second kappa shape index (κ2) is 5.07. The molecule has 1 N–H and O–H groups in total. The minimum absolute atomic E-state index is 0.00463. The number of thioether (sulfide) groups is 1. The molecule has 0 radical (unpaired) electrons. The molecule has 0 bridgehead atoms. The van der Waals surface area contributed by atoms with Gasteiger partial charge in [0.25, 0.3) is 0 Å². The largest absolute Gasteiger partial charge is 0.332 e. The lowest BCUT2D eigenvalue weighted by molar-refractivity contribution is -0.118. The van der Waals surface area contributed by atoms with Crippen LogP contribution in [0.5, 0.6) is 0 Å². The molecule has 0 spiro atoms. The number of amides is 1. The Morgan fingerprint density at radius 2 is 1.95 bits per heavy atom. The minimum Gasteiger partial charge on any atom is -0.332 e. The van der Waals surface area contributed by atoms with E-state index in [1.54, 1.807) is 12.4 Å². The van der Waals surface area contributed by atoms with Gasteiger partial charge >= 0.3 is 0 Å². The summed E-state index contributed by atoms with van der Waals surface area (Å²) >= 11 is 7.47. The van der Waals surface area contributed by atoms with Gasteiger partial charge in [-0.25, -0.2) is 0 Å². The van der Waals surface area contributed by atoms with E-state index in [1.807, 2.05) is 31.2 Å². The van der Waals surface area contributed by atoms with E-state index in [2.05, 4.69) is 15.3 Å². The van der Waals surface area contributed by atoms with Gasteiger partial charge in [-0.2, -0.15) is 0 Å². The van der Waals surface area contributed by atoms with E-state index in [-0.39, 0.29) is 5.91 Å². The topological polar surface area (TPSA) is 54.9 Å². The summed E-state index contributed by atoms with van der Waals surface area (Å²) < 4.78 is 0. The molecule has 1 aliphatic rings. The predicted molar refractivity (Wildman–Crippen MR) is 79.6 cm³/mol. The van der Waals surface area contributed by atoms with E-state index in [1.165, 1.54) is 11.8 Å². The zero-order valence-electron chi connectivity index (χ0n) is 10.8. The Bertz CT molecular complexity index is 662. The number of benzene rings is 1. The van der Waals surface area contributed by atoms with Crippen LogP contribution >= 0.6 is 23.4 Å². The Hall–Kier alpha value is -1.59. The average molecular weight is 306 g/mol. The molecule has 6 heteroatoms. The first-order valence-corrected chi connectivity index (χ1v) is 7.47. The number of hydrogen-bond donors (Lipinski definition) is 1. The van der Waals surface area contributed by atoms with Crippen LogP contribution in [0, 0.1) is 6.92 Å². The molecule has 20 heavy (non-hydrogen) atoms. The van der Waals surface area contributed by atoms with Crippen molar-refractivity contribution in [1.29, 1.82) is 0 Å². The maximum atomic E-state index is 11.8. The number of carbonyl (C=O) groups is 1. The van der Waals surface area contributed by atoms with Gasteiger partial charge in [0.15, 0.2) is 4.87 Å². The van der Waals surface area contributed by atoms with Gasteiger partial charge in [-0.1, -0.05) is 23.7 Å². The van der Waals surface area contributed by atoms with Gasteiger partial charge < -0.3 is 5.32 Å². The summed E-state index contributed by atoms with van der Waals surface area (Å²) in [5.74, 6) is 0.397. The highest BCUT2D eigenvalue weighted by atomic mass is 35.5. The smallest absolute Gasteiger partial charge is 0.231 e. The second-order valence-corrected chi connectivity index (χ2v) is 6.14. The van der Waals surface area contributed by atoms with Gasteiger partial charge in [0.05, 0.1) is 11.4 Å². The van der Waals surface area contributed by atoms with Crippen LogP contribution in [0.1, 0.15) is 17.0 Å². The Labute approximate surface area is 126 Å². The molecule has 1 unspecified atom stereocenters. The highest BCUT2D eigenvalue weighted by molar-refractivity contribution is 8.01. The quantitative estimate of drug-likeness (QED) is 0.926. The summed E-state index contributed by atoms with van der Waals surface area (Å²) in [6, 6.07) is 7.45. The highest BCUT2D eigenvalue weighted by Gasteiger charge is 2.44. The normalized spacial score (nSPS) is 21.8. The molecule has 1 aliphatic heterocycles. The first-order chi connectivity index (χ1) is 9.62. The van der Waals surface area contributed by atoms with Crippen LogP contribution in [0.3, 0.4) is 0 Å². The standard InChI is InChI=1S/C14H12ClN3OS/c1-9-13(17-7-6-16-9)14(18-12(19)8-20-14)10-2-4-11(15)5-3-10/h2-7H,8H2,1H3,(H,18,19). The average Bonchev–Trinajstić information content (AvgIpc) is 2.83. The van der Waals surface area contributed by atoms with E-state index in [9.17, 15) is 4.79 Å². The summed E-state index contributed by atoms with van der Waals surface area (Å²) in [6.07, 6.45) is 3.29. The molecule has 1 amide bonds. The number of halogens is 1. The molecule has 4 nitrogen and oxygen atoms in total. The molecule has 2 aromatic rings. The number of rotatable bonds is 2. The lowest BCUT2D eigenvalue weighted by atomic mass is 10.0. The zero-order chi connectivity index (χ0) is 14.2. The fourth-order valence-corrected chi connectivity index (χ4v) is 3.67. The molecular weight excluding hydrogens is 294 g/mol. The number of carbonyl (C=O) groups excluding carboxylic acids is 1. The van der Waals surface area contributed by atoms with Crippen LogP contribution in [0.4, 0.5) is 0 Å². The summed E-state index contributed by atoms with van der Waals surface area (Å²) in [5, 5.41) is 3.70. The van der Waals surface area contributed by atoms with Crippen molar-refractivity contribution in [1.82, 2.24) is 15.3 Å². The van der Waals surface area contributed by atoms with Crippen LogP contribution in [0.2, 0.25) is 5.02 Å². The number of nitrogens with one attached hydrogen (secondary N) is 1. The maximum Gasteiger partial charge on any atom is 0.231 e. The Morgan fingerprint density at radius 3 is 2.55 bits per heavy atom. The molecule has 1 fully saturated rings. The van der Waals surface area contributed by atoms with Crippen molar-refractivity contribution in [2.45, 2.75) is 11.8 Å². The fourth-order valence-electron chi connectivity index (χ4n) is 2.30. The molecule has 2 heterocycles. The van der Waals surface area contributed by atoms with Crippen molar-refractivity contribution in [2.24, 2.45) is 0 Å². The third-order valence-corrected chi connectivity index (χ3v) is 4.82. The lowest BCUT2D eigenvalue weighted by Gasteiger charge is -2.29. The summed E-state index contributed by atoms with van der Waals surface area (Å²) in [6.45, 7) is 1.89. The van der Waals surface area contributed by atoms with Crippen LogP contribution in [0.25, 0.3) is 0 Å². The van der Waals surface area contributed by atoms with Crippen LogP contribution < -0.4 is 5.32 Å². The third kappa shape index (κ3) is 2.17. The van der Waals surface area contributed by atoms with E-state index in [0.717, 1.165) is 17.0 Å².